The van der Waals surface area contributed by atoms with Crippen molar-refractivity contribution in [3.05, 3.63) is 126 Å². The molecule has 0 spiro atoms. The van der Waals surface area contributed by atoms with Gasteiger partial charge in [0, 0.05) is 17.7 Å². The predicted octanol–water partition coefficient (Wildman–Crippen LogP) is 8.90. The molecule has 1 N–H and O–H groups in total. The number of carbonyl (C=O) groups is 4. The molecule has 2 unspecified atom stereocenters. The van der Waals surface area contributed by atoms with Gasteiger partial charge < -0.3 is 19.5 Å². The van der Waals surface area contributed by atoms with Crippen LogP contribution < -0.4 is 5.32 Å². The monoisotopic (exact) mass is 685 g/mol. The summed E-state index contributed by atoms with van der Waals surface area (Å²) in [7, 11) is 0. The Balaban J connectivity index is 0.00000232. The molecule has 0 aliphatic heterocycles. The molecule has 2 rings (SSSR count). The Bertz CT molecular complexity index is 1460. The summed E-state index contributed by atoms with van der Waals surface area (Å²) in [5.41, 5.74) is 3.60. The van der Waals surface area contributed by atoms with E-state index in [1.54, 1.807) is 26.8 Å². The van der Waals surface area contributed by atoms with Crippen LogP contribution >= 0.6 is 0 Å². The van der Waals surface area contributed by atoms with Gasteiger partial charge in [-0.25, -0.2) is 0 Å². The van der Waals surface area contributed by atoms with E-state index in [9.17, 15) is 19.2 Å². The molecule has 0 bridgehead atoms. The Hall–Kier alpha value is -4.98. The third kappa shape index (κ3) is 16.4. The van der Waals surface area contributed by atoms with Crippen LogP contribution in [0.15, 0.2) is 120 Å². The lowest BCUT2D eigenvalue weighted by atomic mass is 9.78. The van der Waals surface area contributed by atoms with Crippen molar-refractivity contribution in [1.29, 1.82) is 0 Å². The molecule has 0 heterocycles. The van der Waals surface area contributed by atoms with Crippen LogP contribution in [0.3, 0.4) is 0 Å². The third-order valence-electron chi connectivity index (χ3n) is 8.07. The van der Waals surface area contributed by atoms with Crippen LogP contribution in [0.1, 0.15) is 72.8 Å². The molecule has 50 heavy (non-hydrogen) atoms. The number of carbonyl (C=O) groups excluding carboxylic acids is 4. The van der Waals surface area contributed by atoms with Gasteiger partial charge in [-0.05, 0) is 83.9 Å². The van der Waals surface area contributed by atoms with Gasteiger partial charge in [-0.2, -0.15) is 0 Å². The Morgan fingerprint density at radius 1 is 1.02 bits per heavy atom. The number of anilines is 1. The van der Waals surface area contributed by atoms with Crippen LogP contribution in [-0.4, -0.2) is 44.1 Å². The molecular weight excluding hydrogens is 630 g/mol. The Labute approximate surface area is 299 Å². The highest BCUT2D eigenvalue weighted by Crippen LogP contribution is 2.31. The zero-order chi connectivity index (χ0) is 37.2. The van der Waals surface area contributed by atoms with E-state index in [0.717, 1.165) is 24.0 Å². The SMILES string of the molecule is C=C/C=C\C/C(CC1=CC=CC=CC1)=C(\C)C(=O)Nc1ccc(CCC(=O)OCC(C)(C(=O)OCC)C(C)/C=C\C=C/C)cc1.CCOC=O. The molecule has 0 aromatic heterocycles. The standard InChI is InChI=1S/C39H49NO5.C3H6O2/c1-7-10-14-18-30(4)39(6,38(43)44-9-3)29-45-36(41)27-24-32-22-25-35(26-23-32)40-37(42)31(5)34(21-15-11-8-2)28-33-19-16-12-13-17-20-33;1-2-5-3-4/h7-8,10-19,22-23,25-26,30H,2,9,20-21,24,27-29H2,1,3-6H3,(H,40,42);3H,2H2,1H3/b10-7-,15-11-,18-14-,34-31-;. The van der Waals surface area contributed by atoms with Crippen LogP contribution in [0.25, 0.3) is 0 Å². The quantitative estimate of drug-likeness (QED) is 0.0509. The lowest BCUT2D eigenvalue weighted by Gasteiger charge is -2.31. The fraction of sp³-hybridized carbons (Fsp3) is 0.381. The van der Waals surface area contributed by atoms with Gasteiger partial charge in [0.05, 0.1) is 13.2 Å². The largest absolute Gasteiger partial charge is 0.468 e. The smallest absolute Gasteiger partial charge is 0.315 e. The van der Waals surface area contributed by atoms with Crippen molar-refractivity contribution < 1.29 is 33.4 Å². The van der Waals surface area contributed by atoms with Crippen LogP contribution in [0, 0.1) is 11.3 Å². The number of hydrogen-bond donors (Lipinski definition) is 1. The first kappa shape index (κ1) is 43.0. The number of esters is 2. The minimum absolute atomic E-state index is 0.0695. The number of nitrogens with one attached hydrogen (secondary N) is 1. The number of hydrogen-bond acceptors (Lipinski definition) is 7. The average molecular weight is 686 g/mol. The van der Waals surface area contributed by atoms with Gasteiger partial charge in [0.25, 0.3) is 12.4 Å². The third-order valence-corrected chi connectivity index (χ3v) is 8.07. The van der Waals surface area contributed by atoms with Crippen molar-refractivity contribution in [2.75, 3.05) is 25.1 Å². The number of ether oxygens (including phenoxy) is 3. The van der Waals surface area contributed by atoms with Crippen molar-refractivity contribution in [1.82, 2.24) is 0 Å². The van der Waals surface area contributed by atoms with Crippen molar-refractivity contribution in [3.63, 3.8) is 0 Å². The molecule has 1 aliphatic rings. The van der Waals surface area contributed by atoms with E-state index < -0.39 is 11.4 Å². The van der Waals surface area contributed by atoms with E-state index >= 15 is 0 Å². The molecule has 1 aromatic rings. The van der Waals surface area contributed by atoms with Crippen molar-refractivity contribution >= 4 is 30.0 Å². The number of amides is 1. The lowest BCUT2D eigenvalue weighted by molar-refractivity contribution is -0.165. The minimum atomic E-state index is -1.00. The summed E-state index contributed by atoms with van der Waals surface area (Å²) in [6.07, 6.45) is 26.4. The fourth-order valence-corrected chi connectivity index (χ4v) is 4.68. The lowest BCUT2D eigenvalue weighted by Crippen LogP contribution is -2.40. The first-order valence-corrected chi connectivity index (χ1v) is 17.1. The van der Waals surface area contributed by atoms with Crippen LogP contribution in [0.5, 0.6) is 0 Å². The predicted molar refractivity (Wildman–Crippen MR) is 202 cm³/mol. The van der Waals surface area contributed by atoms with E-state index in [-0.39, 0.29) is 37.4 Å². The summed E-state index contributed by atoms with van der Waals surface area (Å²) in [6, 6.07) is 7.45. The highest BCUT2D eigenvalue weighted by molar-refractivity contribution is 6.03. The number of allylic oxidation sites excluding steroid dienone is 14. The van der Waals surface area contributed by atoms with E-state index in [2.05, 4.69) is 28.8 Å². The van der Waals surface area contributed by atoms with Crippen LogP contribution in [0.2, 0.25) is 0 Å². The molecule has 270 valence electrons. The summed E-state index contributed by atoms with van der Waals surface area (Å²) in [5, 5.41) is 3.01. The summed E-state index contributed by atoms with van der Waals surface area (Å²) < 4.78 is 15.0. The highest BCUT2D eigenvalue weighted by atomic mass is 16.6. The van der Waals surface area contributed by atoms with E-state index in [1.165, 1.54) is 5.57 Å². The second-order valence-electron chi connectivity index (χ2n) is 11.8. The first-order chi connectivity index (χ1) is 24.1. The summed E-state index contributed by atoms with van der Waals surface area (Å²) in [6.45, 7) is 15.8. The molecule has 1 aromatic carbocycles. The molecule has 0 radical (unpaired) electrons. The maximum atomic E-state index is 13.2. The highest BCUT2D eigenvalue weighted by Gasteiger charge is 2.40. The van der Waals surface area contributed by atoms with E-state index in [4.69, 9.17) is 9.47 Å². The molecule has 0 saturated carbocycles. The van der Waals surface area contributed by atoms with Gasteiger partial charge >= 0.3 is 11.9 Å². The molecule has 8 heteroatoms. The van der Waals surface area contributed by atoms with Gasteiger partial charge in [-0.1, -0.05) is 110 Å². The minimum Gasteiger partial charge on any atom is -0.468 e. The van der Waals surface area contributed by atoms with Crippen molar-refractivity contribution in [2.24, 2.45) is 11.3 Å². The normalized spacial score (nSPS) is 14.8. The molecule has 0 fully saturated rings. The topological polar surface area (TPSA) is 108 Å². The Kier molecular flexibility index (Phi) is 21.6. The molecule has 1 aliphatic carbocycles. The summed E-state index contributed by atoms with van der Waals surface area (Å²) in [5.74, 6) is -1.13. The molecule has 2 atom stereocenters. The van der Waals surface area contributed by atoms with Crippen LogP contribution in [0.4, 0.5) is 5.69 Å². The first-order valence-electron chi connectivity index (χ1n) is 17.1. The maximum absolute atomic E-state index is 13.2. The van der Waals surface area contributed by atoms with Gasteiger partial charge in [0.2, 0.25) is 0 Å². The Morgan fingerprint density at radius 2 is 1.76 bits per heavy atom. The molecule has 0 saturated heterocycles. The molecular formula is C42H55NO7. The van der Waals surface area contributed by atoms with E-state index in [0.29, 0.717) is 37.2 Å². The van der Waals surface area contributed by atoms with Gasteiger partial charge in [0.1, 0.15) is 12.0 Å². The maximum Gasteiger partial charge on any atom is 0.315 e. The van der Waals surface area contributed by atoms with Crippen LogP contribution in [-0.2, 0) is 39.8 Å². The van der Waals surface area contributed by atoms with Gasteiger partial charge in [-0.3, -0.25) is 19.2 Å². The number of rotatable bonds is 19. The zero-order valence-corrected chi connectivity index (χ0v) is 30.6. The second-order valence-corrected chi connectivity index (χ2v) is 11.8. The van der Waals surface area contributed by atoms with Gasteiger partial charge in [0.15, 0.2) is 0 Å². The second kappa shape index (κ2) is 25.1. The molecule has 1 amide bonds. The zero-order valence-electron chi connectivity index (χ0n) is 30.6. The molecule has 8 nitrogen and oxygen atoms in total. The average Bonchev–Trinajstić information content (AvgIpc) is 3.39. The Morgan fingerprint density at radius 3 is 2.38 bits per heavy atom. The fourth-order valence-electron chi connectivity index (χ4n) is 4.68. The van der Waals surface area contributed by atoms with Crippen molar-refractivity contribution in [2.45, 2.75) is 73.6 Å². The number of aryl methyl sites for hydroxylation is 1. The van der Waals surface area contributed by atoms with E-state index in [1.807, 2.05) is 99.7 Å². The summed E-state index contributed by atoms with van der Waals surface area (Å²) >= 11 is 0. The van der Waals surface area contributed by atoms with Crippen molar-refractivity contribution in [3.8, 4) is 0 Å². The summed E-state index contributed by atoms with van der Waals surface area (Å²) in [4.78, 5) is 47.8. The van der Waals surface area contributed by atoms with Gasteiger partial charge in [-0.15, -0.1) is 0 Å². The number of benzene rings is 1.